The molecular weight excluding hydrogens is 311 g/mol. The van der Waals surface area contributed by atoms with Crippen molar-refractivity contribution in [2.24, 2.45) is 5.92 Å². The van der Waals surface area contributed by atoms with E-state index in [-0.39, 0.29) is 5.91 Å². The standard InChI is InChI=1S/C14H18Cl2N4O/c15-10-4-11(16)14(18-5-10)19-13(21)8-20-6-9-2-1-3-17-12(9)7-20/h4-5,9,12,17H,1-3,6-8H2,(H,18,19,21). The maximum atomic E-state index is 12.1. The number of anilines is 1. The van der Waals surface area contributed by atoms with Crippen molar-refractivity contribution in [1.29, 1.82) is 0 Å². The SMILES string of the molecule is O=C(CN1CC2CCCNC2C1)Nc1ncc(Cl)cc1Cl. The quantitative estimate of drug-likeness (QED) is 0.891. The van der Waals surface area contributed by atoms with Crippen molar-refractivity contribution < 1.29 is 4.79 Å². The first-order chi connectivity index (χ1) is 10.1. The van der Waals surface area contributed by atoms with Gasteiger partial charge in [-0.3, -0.25) is 9.69 Å². The van der Waals surface area contributed by atoms with Crippen LogP contribution >= 0.6 is 23.2 Å². The Hall–Kier alpha value is -0.880. The Morgan fingerprint density at radius 3 is 3.10 bits per heavy atom. The molecule has 2 aliphatic rings. The predicted molar refractivity (Wildman–Crippen MR) is 83.8 cm³/mol. The molecule has 0 spiro atoms. The molecule has 2 aliphatic heterocycles. The highest BCUT2D eigenvalue weighted by molar-refractivity contribution is 6.36. The van der Waals surface area contributed by atoms with Crippen LogP contribution in [0.4, 0.5) is 5.82 Å². The maximum Gasteiger partial charge on any atom is 0.239 e. The van der Waals surface area contributed by atoms with Crippen molar-refractivity contribution in [2.45, 2.75) is 18.9 Å². The molecule has 114 valence electrons. The highest BCUT2D eigenvalue weighted by Gasteiger charge is 2.34. The van der Waals surface area contributed by atoms with E-state index in [9.17, 15) is 4.79 Å². The van der Waals surface area contributed by atoms with Gasteiger partial charge in [-0.25, -0.2) is 4.98 Å². The Bertz CT molecular complexity index is 526. The normalized spacial score (nSPS) is 25.6. The number of carbonyl (C=O) groups is 1. The molecule has 0 bridgehead atoms. The monoisotopic (exact) mass is 328 g/mol. The largest absolute Gasteiger partial charge is 0.312 e. The van der Waals surface area contributed by atoms with Crippen molar-refractivity contribution in [1.82, 2.24) is 15.2 Å². The van der Waals surface area contributed by atoms with Crippen molar-refractivity contribution in [3.63, 3.8) is 0 Å². The number of rotatable bonds is 3. The van der Waals surface area contributed by atoms with E-state index in [1.165, 1.54) is 19.0 Å². The van der Waals surface area contributed by atoms with E-state index < -0.39 is 0 Å². The minimum absolute atomic E-state index is 0.0923. The minimum Gasteiger partial charge on any atom is -0.312 e. The van der Waals surface area contributed by atoms with Gasteiger partial charge in [-0.2, -0.15) is 0 Å². The van der Waals surface area contributed by atoms with Gasteiger partial charge in [0, 0.05) is 25.3 Å². The Labute approximate surface area is 134 Å². The van der Waals surface area contributed by atoms with E-state index >= 15 is 0 Å². The number of likely N-dealkylation sites (tertiary alicyclic amines) is 1. The third-order valence-electron chi connectivity index (χ3n) is 4.11. The summed E-state index contributed by atoms with van der Waals surface area (Å²) >= 11 is 11.8. The number of hydrogen-bond donors (Lipinski definition) is 2. The molecule has 0 aromatic carbocycles. The Kier molecular flexibility index (Phi) is 4.64. The van der Waals surface area contributed by atoms with Gasteiger partial charge in [0.05, 0.1) is 16.6 Å². The first-order valence-corrected chi connectivity index (χ1v) is 7.94. The number of nitrogens with one attached hydrogen (secondary N) is 2. The lowest BCUT2D eigenvalue weighted by atomic mass is 9.94. The van der Waals surface area contributed by atoms with E-state index in [2.05, 4.69) is 20.5 Å². The second-order valence-electron chi connectivity index (χ2n) is 5.69. The second kappa shape index (κ2) is 6.48. The van der Waals surface area contributed by atoms with Crippen LogP contribution in [0.1, 0.15) is 12.8 Å². The van der Waals surface area contributed by atoms with Gasteiger partial charge in [0.1, 0.15) is 0 Å². The molecule has 3 rings (SSSR count). The van der Waals surface area contributed by atoms with Crippen molar-refractivity contribution in [3.8, 4) is 0 Å². The zero-order valence-electron chi connectivity index (χ0n) is 11.6. The summed E-state index contributed by atoms with van der Waals surface area (Å²) in [6.07, 6.45) is 3.95. The molecule has 0 saturated carbocycles. The van der Waals surface area contributed by atoms with Gasteiger partial charge in [-0.05, 0) is 31.4 Å². The third-order valence-corrected chi connectivity index (χ3v) is 4.60. The molecule has 0 radical (unpaired) electrons. The minimum atomic E-state index is -0.0923. The fourth-order valence-electron chi connectivity index (χ4n) is 3.15. The summed E-state index contributed by atoms with van der Waals surface area (Å²) in [5, 5.41) is 7.08. The molecule has 5 nitrogen and oxygen atoms in total. The molecule has 1 aromatic rings. The van der Waals surface area contributed by atoms with Crippen LogP contribution in [-0.4, -0.2) is 48.0 Å². The lowest BCUT2D eigenvalue weighted by Gasteiger charge is -2.24. The number of halogens is 2. The molecule has 1 aromatic heterocycles. The topological polar surface area (TPSA) is 57.3 Å². The van der Waals surface area contributed by atoms with E-state index in [0.717, 1.165) is 19.6 Å². The Morgan fingerprint density at radius 2 is 2.33 bits per heavy atom. The first-order valence-electron chi connectivity index (χ1n) is 7.18. The average Bonchev–Trinajstić information content (AvgIpc) is 2.84. The van der Waals surface area contributed by atoms with Crippen LogP contribution < -0.4 is 10.6 Å². The van der Waals surface area contributed by atoms with Crippen LogP contribution in [0.2, 0.25) is 10.0 Å². The first kappa shape index (κ1) is 15.0. The summed E-state index contributed by atoms with van der Waals surface area (Å²) < 4.78 is 0. The van der Waals surface area contributed by atoms with E-state index in [1.54, 1.807) is 6.07 Å². The molecule has 2 unspecified atom stereocenters. The highest BCUT2D eigenvalue weighted by Crippen LogP contribution is 2.25. The number of piperidine rings is 1. The van der Waals surface area contributed by atoms with Crippen LogP contribution in [0.5, 0.6) is 0 Å². The number of nitrogens with zero attached hydrogens (tertiary/aromatic N) is 2. The molecule has 2 atom stereocenters. The van der Waals surface area contributed by atoms with Gasteiger partial charge in [-0.15, -0.1) is 0 Å². The molecule has 2 saturated heterocycles. The Balaban J connectivity index is 1.55. The summed E-state index contributed by atoms with van der Waals surface area (Å²) in [5.41, 5.74) is 0. The zero-order valence-corrected chi connectivity index (χ0v) is 13.1. The zero-order chi connectivity index (χ0) is 14.8. The van der Waals surface area contributed by atoms with Crippen LogP contribution in [0.15, 0.2) is 12.3 Å². The highest BCUT2D eigenvalue weighted by atomic mass is 35.5. The molecule has 1 amide bonds. The molecule has 2 N–H and O–H groups in total. The molecule has 21 heavy (non-hydrogen) atoms. The third kappa shape index (κ3) is 3.66. The van der Waals surface area contributed by atoms with Gasteiger partial charge in [-0.1, -0.05) is 23.2 Å². The summed E-state index contributed by atoms with van der Waals surface area (Å²) in [5.74, 6) is 0.940. The molecule has 3 heterocycles. The number of pyridine rings is 1. The van der Waals surface area contributed by atoms with Gasteiger partial charge >= 0.3 is 0 Å². The van der Waals surface area contributed by atoms with E-state index in [4.69, 9.17) is 23.2 Å². The van der Waals surface area contributed by atoms with Gasteiger partial charge < -0.3 is 10.6 Å². The van der Waals surface area contributed by atoms with E-state index in [1.807, 2.05) is 0 Å². The van der Waals surface area contributed by atoms with E-state index in [0.29, 0.717) is 34.4 Å². The lowest BCUT2D eigenvalue weighted by Crippen LogP contribution is -2.41. The fourth-order valence-corrected chi connectivity index (χ4v) is 3.57. The van der Waals surface area contributed by atoms with Gasteiger partial charge in [0.2, 0.25) is 5.91 Å². The van der Waals surface area contributed by atoms with Crippen LogP contribution in [0.25, 0.3) is 0 Å². The number of hydrogen-bond acceptors (Lipinski definition) is 4. The molecule has 7 heteroatoms. The second-order valence-corrected chi connectivity index (χ2v) is 6.53. The number of carbonyl (C=O) groups excluding carboxylic acids is 1. The predicted octanol–water partition coefficient (Wildman–Crippen LogP) is 2.01. The number of aromatic nitrogens is 1. The fraction of sp³-hybridized carbons (Fsp3) is 0.571. The van der Waals surface area contributed by atoms with Crippen LogP contribution in [0, 0.1) is 5.92 Å². The number of amides is 1. The summed E-state index contributed by atoms with van der Waals surface area (Å²) in [7, 11) is 0. The average molecular weight is 329 g/mol. The lowest BCUT2D eigenvalue weighted by molar-refractivity contribution is -0.117. The maximum absolute atomic E-state index is 12.1. The van der Waals surface area contributed by atoms with Gasteiger partial charge in [0.15, 0.2) is 5.82 Å². The smallest absolute Gasteiger partial charge is 0.239 e. The Morgan fingerprint density at radius 1 is 1.48 bits per heavy atom. The van der Waals surface area contributed by atoms with Gasteiger partial charge in [0.25, 0.3) is 0 Å². The number of fused-ring (bicyclic) bond motifs is 1. The van der Waals surface area contributed by atoms with Crippen LogP contribution in [-0.2, 0) is 4.79 Å². The van der Waals surface area contributed by atoms with Crippen molar-refractivity contribution in [3.05, 3.63) is 22.3 Å². The summed E-state index contributed by atoms with van der Waals surface area (Å²) in [6, 6.07) is 2.10. The molecule has 2 fully saturated rings. The van der Waals surface area contributed by atoms with Crippen LogP contribution in [0.3, 0.4) is 0 Å². The summed E-state index contributed by atoms with van der Waals surface area (Å²) in [6.45, 7) is 3.37. The molecular formula is C14H18Cl2N4O. The van der Waals surface area contributed by atoms with Crippen molar-refractivity contribution >= 4 is 34.9 Å². The molecule has 0 aliphatic carbocycles. The summed E-state index contributed by atoms with van der Waals surface area (Å²) in [4.78, 5) is 18.3. The van der Waals surface area contributed by atoms with Crippen molar-refractivity contribution in [2.75, 3.05) is 31.5 Å².